The summed E-state index contributed by atoms with van der Waals surface area (Å²) in [6.07, 6.45) is 2.35. The number of aliphatic hydroxyl groups is 1. The van der Waals surface area contributed by atoms with E-state index >= 15 is 0 Å². The van der Waals surface area contributed by atoms with Gasteiger partial charge in [0.25, 0.3) is 0 Å². The highest BCUT2D eigenvalue weighted by Gasteiger charge is 2.52. The molecule has 0 aliphatic carbocycles. The lowest BCUT2D eigenvalue weighted by Gasteiger charge is -2.32. The Kier molecular flexibility index (Phi) is 3.74. The summed E-state index contributed by atoms with van der Waals surface area (Å²) in [6.45, 7) is 11.7. The molecule has 1 aromatic heterocycles. The summed E-state index contributed by atoms with van der Waals surface area (Å²) in [6, 6.07) is 3.87. The first kappa shape index (κ1) is 15.5. The van der Waals surface area contributed by atoms with Gasteiger partial charge in [-0.2, -0.15) is 0 Å². The van der Waals surface area contributed by atoms with Gasteiger partial charge in [-0.25, -0.2) is 0 Å². The van der Waals surface area contributed by atoms with Crippen LogP contribution in [-0.2, 0) is 15.7 Å². The third-order valence-electron chi connectivity index (χ3n) is 3.98. The molecule has 5 heteroatoms. The summed E-state index contributed by atoms with van der Waals surface area (Å²) in [7, 11) is -0.434. The molecular formula is C15H24BNO3. The Morgan fingerprint density at radius 3 is 2.10 bits per heavy atom. The van der Waals surface area contributed by atoms with E-state index in [1.54, 1.807) is 20.0 Å². The fraction of sp³-hybridized carbons (Fsp3) is 0.667. The van der Waals surface area contributed by atoms with Gasteiger partial charge in [-0.05, 0) is 53.2 Å². The van der Waals surface area contributed by atoms with Crippen LogP contribution in [0.1, 0.15) is 47.1 Å². The van der Waals surface area contributed by atoms with Crippen LogP contribution in [-0.4, -0.2) is 34.0 Å². The van der Waals surface area contributed by atoms with E-state index in [1.165, 1.54) is 0 Å². The Bertz CT molecular complexity index is 461. The number of hydrogen-bond donors (Lipinski definition) is 1. The summed E-state index contributed by atoms with van der Waals surface area (Å²) in [5.41, 5.74) is 0.324. The molecule has 0 bridgehead atoms. The lowest BCUT2D eigenvalue weighted by molar-refractivity contribution is 0.00578. The van der Waals surface area contributed by atoms with Crippen LogP contribution in [0.4, 0.5) is 0 Å². The highest BCUT2D eigenvalue weighted by molar-refractivity contribution is 6.61. The molecule has 1 saturated heterocycles. The molecule has 1 fully saturated rings. The quantitative estimate of drug-likeness (QED) is 0.854. The number of pyridine rings is 1. The summed E-state index contributed by atoms with van der Waals surface area (Å²) >= 11 is 0. The Hall–Kier alpha value is -0.905. The Balaban J connectivity index is 2.12. The zero-order valence-electron chi connectivity index (χ0n) is 13.2. The molecule has 20 heavy (non-hydrogen) atoms. The molecule has 0 spiro atoms. The molecule has 1 aliphatic heterocycles. The van der Waals surface area contributed by atoms with Gasteiger partial charge in [0.1, 0.15) is 0 Å². The summed E-state index contributed by atoms with van der Waals surface area (Å²) in [5.74, 6) is 0. The van der Waals surface area contributed by atoms with E-state index in [1.807, 2.05) is 39.8 Å². The minimum absolute atomic E-state index is 0.356. The first-order valence-electron chi connectivity index (χ1n) is 7.03. The topological polar surface area (TPSA) is 51.6 Å². The maximum absolute atomic E-state index is 9.81. The average molecular weight is 277 g/mol. The van der Waals surface area contributed by atoms with Gasteiger partial charge in [-0.1, -0.05) is 6.07 Å². The molecule has 1 aliphatic rings. The molecule has 2 rings (SSSR count). The molecule has 0 atom stereocenters. The third kappa shape index (κ3) is 3.22. The van der Waals surface area contributed by atoms with Crippen LogP contribution >= 0.6 is 0 Å². The molecule has 1 aromatic rings. The minimum Gasteiger partial charge on any atom is -0.398 e. The van der Waals surface area contributed by atoms with Crippen LogP contribution in [0.25, 0.3) is 0 Å². The van der Waals surface area contributed by atoms with Crippen molar-refractivity contribution >= 4 is 12.7 Å². The number of rotatable bonds is 3. The Morgan fingerprint density at radius 1 is 1.15 bits per heavy atom. The second kappa shape index (κ2) is 4.83. The zero-order valence-corrected chi connectivity index (χ0v) is 13.2. The van der Waals surface area contributed by atoms with Gasteiger partial charge in [0.2, 0.25) is 0 Å². The number of hydrogen-bond acceptors (Lipinski definition) is 4. The molecule has 0 unspecified atom stereocenters. The molecule has 110 valence electrons. The standard InChI is InChI=1S/C15H24BNO3/c1-13(2,18)9-11-7-8-12(17-10-11)16-19-14(3,4)15(5,6)20-16/h7-8,10,18H,9H2,1-6H3. The van der Waals surface area contributed by atoms with E-state index in [4.69, 9.17) is 9.31 Å². The van der Waals surface area contributed by atoms with E-state index in [-0.39, 0.29) is 11.2 Å². The molecule has 4 nitrogen and oxygen atoms in total. The molecule has 0 amide bonds. The Morgan fingerprint density at radius 2 is 1.70 bits per heavy atom. The second-order valence-electron chi connectivity index (χ2n) is 7.17. The van der Waals surface area contributed by atoms with E-state index in [2.05, 4.69) is 4.98 Å². The van der Waals surface area contributed by atoms with Crippen molar-refractivity contribution in [1.29, 1.82) is 0 Å². The zero-order chi connectivity index (χ0) is 15.2. The largest absolute Gasteiger partial charge is 0.514 e. The third-order valence-corrected chi connectivity index (χ3v) is 3.98. The van der Waals surface area contributed by atoms with E-state index < -0.39 is 12.7 Å². The van der Waals surface area contributed by atoms with Crippen molar-refractivity contribution in [2.45, 2.75) is 64.8 Å². The maximum Gasteiger partial charge on any atom is 0.514 e. The lowest BCUT2D eigenvalue weighted by atomic mass is 9.83. The predicted molar refractivity (Wildman–Crippen MR) is 80.0 cm³/mol. The van der Waals surface area contributed by atoms with E-state index in [0.717, 1.165) is 11.2 Å². The van der Waals surface area contributed by atoms with E-state index in [0.29, 0.717) is 6.42 Å². The van der Waals surface area contributed by atoms with Gasteiger partial charge < -0.3 is 14.4 Å². The lowest BCUT2D eigenvalue weighted by Crippen LogP contribution is -2.41. The van der Waals surface area contributed by atoms with Crippen molar-refractivity contribution in [2.24, 2.45) is 0 Å². The molecule has 2 heterocycles. The van der Waals surface area contributed by atoms with Crippen LogP contribution < -0.4 is 5.59 Å². The van der Waals surface area contributed by atoms with Crippen LogP contribution in [0.15, 0.2) is 18.3 Å². The molecule has 0 radical (unpaired) electrons. The SMILES string of the molecule is CC(C)(O)Cc1ccc(B2OC(C)(C)C(C)(C)O2)nc1. The van der Waals surface area contributed by atoms with Gasteiger partial charge in [0, 0.05) is 12.6 Å². The second-order valence-corrected chi connectivity index (χ2v) is 7.17. The molecule has 1 N–H and O–H groups in total. The van der Waals surface area contributed by atoms with E-state index in [9.17, 15) is 5.11 Å². The highest BCUT2D eigenvalue weighted by Crippen LogP contribution is 2.36. The smallest absolute Gasteiger partial charge is 0.398 e. The molecule has 0 aromatic carbocycles. The first-order valence-corrected chi connectivity index (χ1v) is 7.03. The van der Waals surface area contributed by atoms with Crippen LogP contribution in [0, 0.1) is 0 Å². The highest BCUT2D eigenvalue weighted by atomic mass is 16.7. The Labute approximate surface area is 121 Å². The van der Waals surface area contributed by atoms with Gasteiger partial charge in [-0.3, -0.25) is 4.98 Å². The van der Waals surface area contributed by atoms with Gasteiger partial charge in [0.05, 0.1) is 22.4 Å². The first-order chi connectivity index (χ1) is 9.00. The van der Waals surface area contributed by atoms with Crippen LogP contribution in [0.5, 0.6) is 0 Å². The van der Waals surface area contributed by atoms with Gasteiger partial charge in [0.15, 0.2) is 0 Å². The fourth-order valence-corrected chi connectivity index (χ4v) is 2.14. The van der Waals surface area contributed by atoms with Crippen molar-refractivity contribution in [3.8, 4) is 0 Å². The number of nitrogens with zero attached hydrogens (tertiary/aromatic N) is 1. The summed E-state index contributed by atoms with van der Waals surface area (Å²) in [5, 5.41) is 9.81. The average Bonchev–Trinajstić information content (AvgIpc) is 2.47. The van der Waals surface area contributed by atoms with Gasteiger partial charge in [-0.15, -0.1) is 0 Å². The normalized spacial score (nSPS) is 21.2. The van der Waals surface area contributed by atoms with Crippen molar-refractivity contribution in [3.05, 3.63) is 23.9 Å². The summed E-state index contributed by atoms with van der Waals surface area (Å²) in [4.78, 5) is 4.41. The van der Waals surface area contributed by atoms with Crippen molar-refractivity contribution < 1.29 is 14.4 Å². The maximum atomic E-state index is 9.81. The molecule has 0 saturated carbocycles. The van der Waals surface area contributed by atoms with Crippen LogP contribution in [0.2, 0.25) is 0 Å². The van der Waals surface area contributed by atoms with Crippen molar-refractivity contribution in [3.63, 3.8) is 0 Å². The van der Waals surface area contributed by atoms with Gasteiger partial charge >= 0.3 is 7.12 Å². The predicted octanol–water partition coefficient (Wildman–Crippen LogP) is 1.69. The van der Waals surface area contributed by atoms with Crippen LogP contribution in [0.3, 0.4) is 0 Å². The monoisotopic (exact) mass is 277 g/mol. The fourth-order valence-electron chi connectivity index (χ4n) is 2.14. The van der Waals surface area contributed by atoms with Crippen molar-refractivity contribution in [1.82, 2.24) is 4.98 Å². The van der Waals surface area contributed by atoms with Crippen molar-refractivity contribution in [2.75, 3.05) is 0 Å². The minimum atomic E-state index is -0.729. The summed E-state index contributed by atoms with van der Waals surface area (Å²) < 4.78 is 11.9. The number of aromatic nitrogens is 1. The molecular weight excluding hydrogens is 253 g/mol.